The fourth-order valence-electron chi connectivity index (χ4n) is 3.75. The van der Waals surface area contributed by atoms with Crippen molar-refractivity contribution in [3.8, 4) is 5.75 Å². The summed E-state index contributed by atoms with van der Waals surface area (Å²) in [5, 5.41) is 26.7. The maximum absolute atomic E-state index is 13.1. The Morgan fingerprint density at radius 1 is 0.825 bits per heavy atom. The lowest BCUT2D eigenvalue weighted by atomic mass is 10.0. The zero-order chi connectivity index (χ0) is 29.7. The minimum absolute atomic E-state index is 0.00756. The fourth-order valence-corrected chi connectivity index (χ4v) is 3.75. The van der Waals surface area contributed by atoms with Crippen LogP contribution in [0.4, 0.5) is 0 Å². The molecule has 0 fully saturated rings. The molecule has 11 N–H and O–H groups in total. The summed E-state index contributed by atoms with van der Waals surface area (Å²) in [6, 6.07) is 10.8. The second-order valence-corrected chi connectivity index (χ2v) is 9.31. The van der Waals surface area contributed by atoms with Crippen LogP contribution in [-0.4, -0.2) is 70.6 Å². The van der Waals surface area contributed by atoms with Gasteiger partial charge >= 0.3 is 5.97 Å². The standard InChI is InChI=1S/C27H37N7O6/c1-16(32-24(37)20(28)14-17-6-3-2-4-7-17)23(36)34-22(15-18-9-11-19(35)12-10-18)25(38)33-21(26(39)40)8-5-13-31-27(29)30/h2-4,6-7,9-12,16,20-22,35H,5,8,13-15,28H2,1H3,(H,32,37)(H,33,38)(H,34,36)(H,39,40)(H4,29,30,31). The molecule has 0 aliphatic rings. The minimum atomic E-state index is -1.26. The van der Waals surface area contributed by atoms with Crippen molar-refractivity contribution in [3.63, 3.8) is 0 Å². The van der Waals surface area contributed by atoms with Crippen LogP contribution in [0, 0.1) is 0 Å². The lowest BCUT2D eigenvalue weighted by Gasteiger charge is -2.24. The lowest BCUT2D eigenvalue weighted by Crippen LogP contribution is -2.57. The lowest BCUT2D eigenvalue weighted by molar-refractivity contribution is -0.142. The van der Waals surface area contributed by atoms with E-state index in [1.54, 1.807) is 12.1 Å². The van der Waals surface area contributed by atoms with E-state index < -0.39 is 47.9 Å². The Labute approximate surface area is 232 Å². The van der Waals surface area contributed by atoms with E-state index >= 15 is 0 Å². The number of phenols is 1. The van der Waals surface area contributed by atoms with Crippen molar-refractivity contribution in [2.75, 3.05) is 6.54 Å². The molecule has 13 heteroatoms. The molecular weight excluding hydrogens is 518 g/mol. The smallest absolute Gasteiger partial charge is 0.326 e. The van der Waals surface area contributed by atoms with Crippen molar-refractivity contribution >= 4 is 29.7 Å². The van der Waals surface area contributed by atoms with Gasteiger partial charge in [0.15, 0.2) is 5.96 Å². The third-order valence-electron chi connectivity index (χ3n) is 5.96. The predicted molar refractivity (Wildman–Crippen MR) is 149 cm³/mol. The maximum Gasteiger partial charge on any atom is 0.326 e. The van der Waals surface area contributed by atoms with Crippen LogP contribution in [0.2, 0.25) is 0 Å². The van der Waals surface area contributed by atoms with Crippen molar-refractivity contribution in [1.29, 1.82) is 0 Å². The molecule has 40 heavy (non-hydrogen) atoms. The average Bonchev–Trinajstić information content (AvgIpc) is 2.91. The van der Waals surface area contributed by atoms with Gasteiger partial charge in [0.05, 0.1) is 6.04 Å². The Kier molecular flexibility index (Phi) is 12.4. The Morgan fingerprint density at radius 2 is 1.43 bits per heavy atom. The van der Waals surface area contributed by atoms with Crippen molar-refractivity contribution < 1.29 is 29.4 Å². The number of carbonyl (C=O) groups excluding carboxylic acids is 3. The number of carbonyl (C=O) groups is 4. The summed E-state index contributed by atoms with van der Waals surface area (Å²) in [6.45, 7) is 1.63. The molecule has 4 atom stereocenters. The molecule has 0 spiro atoms. The van der Waals surface area contributed by atoms with Gasteiger partial charge in [0.1, 0.15) is 23.9 Å². The molecule has 0 saturated heterocycles. The molecule has 2 rings (SSSR count). The molecule has 13 nitrogen and oxygen atoms in total. The molecule has 0 saturated carbocycles. The van der Waals surface area contributed by atoms with E-state index in [9.17, 15) is 29.4 Å². The summed E-state index contributed by atoms with van der Waals surface area (Å²) in [5.41, 5.74) is 18.0. The van der Waals surface area contributed by atoms with Crippen LogP contribution in [0.5, 0.6) is 5.75 Å². The maximum atomic E-state index is 13.1. The van der Waals surface area contributed by atoms with Gasteiger partial charge in [-0.25, -0.2) is 4.79 Å². The Hall–Kier alpha value is -4.65. The van der Waals surface area contributed by atoms with Gasteiger partial charge in [-0.3, -0.25) is 19.4 Å². The molecule has 0 aliphatic carbocycles. The number of nitrogens with two attached hydrogens (primary N) is 3. The minimum Gasteiger partial charge on any atom is -0.508 e. The van der Waals surface area contributed by atoms with Crippen LogP contribution in [-0.2, 0) is 32.0 Å². The highest BCUT2D eigenvalue weighted by atomic mass is 16.4. The number of carboxylic acid groups (broad SMARTS) is 1. The summed E-state index contributed by atoms with van der Waals surface area (Å²) in [6.07, 6.45) is 0.596. The monoisotopic (exact) mass is 555 g/mol. The Morgan fingerprint density at radius 3 is 2.02 bits per heavy atom. The number of benzene rings is 2. The number of carboxylic acids is 1. The molecule has 3 amide bonds. The molecule has 4 unspecified atom stereocenters. The van der Waals surface area contributed by atoms with E-state index in [0.717, 1.165) is 5.56 Å². The highest BCUT2D eigenvalue weighted by molar-refractivity contribution is 5.94. The highest BCUT2D eigenvalue weighted by Gasteiger charge is 2.29. The van der Waals surface area contributed by atoms with Gasteiger partial charge in [-0.1, -0.05) is 42.5 Å². The van der Waals surface area contributed by atoms with Crippen molar-refractivity contribution in [2.45, 2.75) is 56.8 Å². The van der Waals surface area contributed by atoms with Gasteiger partial charge in [0, 0.05) is 13.0 Å². The summed E-state index contributed by atoms with van der Waals surface area (Å²) < 4.78 is 0. The number of aliphatic imine (C=N–C) groups is 1. The average molecular weight is 556 g/mol. The summed E-state index contributed by atoms with van der Waals surface area (Å²) in [4.78, 5) is 54.3. The second-order valence-electron chi connectivity index (χ2n) is 9.31. The van der Waals surface area contributed by atoms with Crippen LogP contribution < -0.4 is 33.2 Å². The molecule has 0 heterocycles. The fraction of sp³-hybridized carbons (Fsp3) is 0.370. The second kappa shape index (κ2) is 15.7. The molecular formula is C27H37N7O6. The first kappa shape index (κ1) is 31.6. The predicted octanol–water partition coefficient (Wildman–Crippen LogP) is -0.883. The number of amides is 3. The van der Waals surface area contributed by atoms with Crippen LogP contribution in [0.25, 0.3) is 0 Å². The van der Waals surface area contributed by atoms with E-state index in [1.807, 2.05) is 30.3 Å². The van der Waals surface area contributed by atoms with Crippen LogP contribution >= 0.6 is 0 Å². The van der Waals surface area contributed by atoms with Crippen LogP contribution in [0.3, 0.4) is 0 Å². The number of rotatable bonds is 15. The van der Waals surface area contributed by atoms with Gasteiger partial charge < -0.3 is 43.4 Å². The van der Waals surface area contributed by atoms with E-state index in [2.05, 4.69) is 20.9 Å². The third-order valence-corrected chi connectivity index (χ3v) is 5.96. The number of nitrogens with one attached hydrogen (secondary N) is 3. The molecule has 0 aliphatic heterocycles. The molecule has 2 aromatic carbocycles. The molecule has 2 aromatic rings. The Bertz CT molecular complexity index is 1170. The first-order chi connectivity index (χ1) is 19.0. The summed E-state index contributed by atoms with van der Waals surface area (Å²) in [7, 11) is 0. The van der Waals surface area contributed by atoms with E-state index in [4.69, 9.17) is 17.2 Å². The molecule has 0 bridgehead atoms. The van der Waals surface area contributed by atoms with Crippen molar-refractivity contribution in [2.24, 2.45) is 22.2 Å². The quantitative estimate of drug-likeness (QED) is 0.0772. The third kappa shape index (κ3) is 11.0. The largest absolute Gasteiger partial charge is 0.508 e. The molecule has 216 valence electrons. The number of hydrogen-bond donors (Lipinski definition) is 8. The summed E-state index contributed by atoms with van der Waals surface area (Å²) >= 11 is 0. The number of guanidine groups is 1. The SMILES string of the molecule is CC(NC(=O)C(N)Cc1ccccc1)C(=O)NC(Cc1ccc(O)cc1)C(=O)NC(CCCN=C(N)N)C(=O)O. The Balaban J connectivity index is 2.08. The number of aromatic hydroxyl groups is 1. The van der Waals surface area contributed by atoms with Crippen molar-refractivity contribution in [3.05, 3.63) is 65.7 Å². The number of aliphatic carboxylic acids is 1. The van der Waals surface area contributed by atoms with Crippen LogP contribution in [0.1, 0.15) is 30.9 Å². The van der Waals surface area contributed by atoms with Crippen molar-refractivity contribution in [1.82, 2.24) is 16.0 Å². The van der Waals surface area contributed by atoms with Gasteiger partial charge in [-0.05, 0) is 49.4 Å². The number of phenolic OH excluding ortho intramolecular Hbond substituents is 1. The number of nitrogens with zero attached hydrogens (tertiary/aromatic N) is 1. The molecule has 0 radical (unpaired) electrons. The zero-order valence-corrected chi connectivity index (χ0v) is 22.2. The normalized spacial score (nSPS) is 13.7. The first-order valence-corrected chi connectivity index (χ1v) is 12.7. The highest BCUT2D eigenvalue weighted by Crippen LogP contribution is 2.12. The van der Waals surface area contributed by atoms with E-state index in [0.29, 0.717) is 5.56 Å². The van der Waals surface area contributed by atoms with E-state index in [1.165, 1.54) is 19.1 Å². The van der Waals surface area contributed by atoms with Gasteiger partial charge in [0.2, 0.25) is 17.7 Å². The topological polar surface area (TPSA) is 235 Å². The van der Waals surface area contributed by atoms with E-state index in [-0.39, 0.29) is 43.9 Å². The summed E-state index contributed by atoms with van der Waals surface area (Å²) in [5.74, 6) is -3.33. The van der Waals surface area contributed by atoms with Gasteiger partial charge in [0.25, 0.3) is 0 Å². The number of hydrogen-bond acceptors (Lipinski definition) is 7. The zero-order valence-electron chi connectivity index (χ0n) is 22.2. The van der Waals surface area contributed by atoms with Gasteiger partial charge in [-0.2, -0.15) is 0 Å². The molecule has 0 aromatic heterocycles. The first-order valence-electron chi connectivity index (χ1n) is 12.7. The van der Waals surface area contributed by atoms with Crippen LogP contribution in [0.15, 0.2) is 59.6 Å². The van der Waals surface area contributed by atoms with Gasteiger partial charge in [-0.15, -0.1) is 0 Å².